The highest BCUT2D eigenvalue weighted by atomic mass is 32.2. The Morgan fingerprint density at radius 1 is 0.833 bits per heavy atom. The van der Waals surface area contributed by atoms with Crippen LogP contribution in [0.25, 0.3) is 22.5 Å². The van der Waals surface area contributed by atoms with Crippen molar-refractivity contribution >= 4 is 11.8 Å². The molecule has 1 N–H and O–H groups in total. The quantitative estimate of drug-likeness (QED) is 0.484. The predicted octanol–water partition coefficient (Wildman–Crippen LogP) is 4.90. The van der Waals surface area contributed by atoms with E-state index in [1.807, 2.05) is 30.3 Å². The number of hydrogen-bond acceptors (Lipinski definition) is 7. The molecule has 0 aliphatic carbocycles. The third kappa shape index (κ3) is 4.14. The molecular formula is C22H26N2O5S. The molecule has 0 atom stereocenters. The minimum absolute atomic E-state index is 0.533. The molecule has 8 heteroatoms. The predicted molar refractivity (Wildman–Crippen MR) is 119 cm³/mol. The SMILES string of the molecule is CCSc1nc(-c2cc(OC)c(OC)c(OC)c2)c(-c2ccc(OC)cc2OC)[nH]1. The Balaban J connectivity index is 2.24. The van der Waals surface area contributed by atoms with Gasteiger partial charge in [0.25, 0.3) is 0 Å². The van der Waals surface area contributed by atoms with Gasteiger partial charge >= 0.3 is 0 Å². The summed E-state index contributed by atoms with van der Waals surface area (Å²) in [6.07, 6.45) is 0. The molecule has 0 spiro atoms. The van der Waals surface area contributed by atoms with Gasteiger partial charge in [-0.25, -0.2) is 4.98 Å². The highest BCUT2D eigenvalue weighted by Gasteiger charge is 2.21. The zero-order valence-electron chi connectivity index (χ0n) is 18.0. The first-order valence-electron chi connectivity index (χ1n) is 9.35. The van der Waals surface area contributed by atoms with Gasteiger partial charge in [-0.3, -0.25) is 0 Å². The Bertz CT molecular complexity index is 994. The molecule has 0 bridgehead atoms. The molecule has 3 rings (SSSR count). The Hall–Kier alpha value is -3.00. The van der Waals surface area contributed by atoms with Crippen LogP contribution in [0.1, 0.15) is 6.92 Å². The average Bonchev–Trinajstić information content (AvgIpc) is 3.21. The van der Waals surface area contributed by atoms with Gasteiger partial charge in [-0.2, -0.15) is 0 Å². The second-order valence-electron chi connectivity index (χ2n) is 6.18. The van der Waals surface area contributed by atoms with E-state index in [0.717, 1.165) is 33.4 Å². The topological polar surface area (TPSA) is 74.8 Å². The van der Waals surface area contributed by atoms with Gasteiger partial charge in [0.15, 0.2) is 16.7 Å². The highest BCUT2D eigenvalue weighted by molar-refractivity contribution is 7.99. The molecule has 0 radical (unpaired) electrons. The van der Waals surface area contributed by atoms with Crippen LogP contribution in [0.4, 0.5) is 0 Å². The first-order valence-corrected chi connectivity index (χ1v) is 10.3. The van der Waals surface area contributed by atoms with Crippen molar-refractivity contribution in [2.24, 2.45) is 0 Å². The van der Waals surface area contributed by atoms with Crippen LogP contribution in [0.2, 0.25) is 0 Å². The lowest BCUT2D eigenvalue weighted by atomic mass is 10.0. The van der Waals surface area contributed by atoms with Gasteiger partial charge in [0.2, 0.25) is 5.75 Å². The first-order chi connectivity index (χ1) is 14.6. The van der Waals surface area contributed by atoms with Gasteiger partial charge in [-0.15, -0.1) is 0 Å². The summed E-state index contributed by atoms with van der Waals surface area (Å²) in [5.74, 6) is 3.94. The molecule has 0 saturated carbocycles. The summed E-state index contributed by atoms with van der Waals surface area (Å²) in [7, 11) is 8.03. The maximum Gasteiger partial charge on any atom is 0.203 e. The van der Waals surface area contributed by atoms with Gasteiger partial charge in [-0.05, 0) is 30.0 Å². The Kier molecular flexibility index (Phi) is 6.99. The van der Waals surface area contributed by atoms with Crippen molar-refractivity contribution in [1.29, 1.82) is 0 Å². The number of methoxy groups -OCH3 is 5. The normalized spacial score (nSPS) is 10.6. The van der Waals surface area contributed by atoms with Crippen LogP contribution < -0.4 is 23.7 Å². The van der Waals surface area contributed by atoms with Crippen LogP contribution in [0.3, 0.4) is 0 Å². The number of rotatable bonds is 9. The lowest BCUT2D eigenvalue weighted by molar-refractivity contribution is 0.324. The number of thioether (sulfide) groups is 1. The number of aromatic amines is 1. The number of H-pyrrole nitrogens is 1. The van der Waals surface area contributed by atoms with Crippen molar-refractivity contribution < 1.29 is 23.7 Å². The van der Waals surface area contributed by atoms with Crippen molar-refractivity contribution in [2.45, 2.75) is 12.1 Å². The van der Waals surface area contributed by atoms with E-state index < -0.39 is 0 Å². The van der Waals surface area contributed by atoms with Crippen molar-refractivity contribution in [2.75, 3.05) is 41.3 Å². The van der Waals surface area contributed by atoms with Gasteiger partial charge in [0, 0.05) is 17.2 Å². The van der Waals surface area contributed by atoms with E-state index in [9.17, 15) is 0 Å². The fourth-order valence-electron chi connectivity index (χ4n) is 3.18. The van der Waals surface area contributed by atoms with Crippen LogP contribution in [0.15, 0.2) is 35.5 Å². The van der Waals surface area contributed by atoms with E-state index in [2.05, 4.69) is 11.9 Å². The second-order valence-corrected chi connectivity index (χ2v) is 7.43. The van der Waals surface area contributed by atoms with Gasteiger partial charge < -0.3 is 28.7 Å². The maximum absolute atomic E-state index is 5.62. The zero-order chi connectivity index (χ0) is 21.7. The molecule has 0 amide bonds. The van der Waals surface area contributed by atoms with Gasteiger partial charge in [-0.1, -0.05) is 18.7 Å². The van der Waals surface area contributed by atoms with E-state index in [1.165, 1.54) is 0 Å². The molecule has 1 heterocycles. The van der Waals surface area contributed by atoms with Crippen LogP contribution in [-0.2, 0) is 0 Å². The minimum Gasteiger partial charge on any atom is -0.497 e. The summed E-state index contributed by atoms with van der Waals surface area (Å²) >= 11 is 1.63. The number of benzene rings is 2. The number of ether oxygens (including phenoxy) is 5. The molecule has 3 aromatic rings. The lowest BCUT2D eigenvalue weighted by Gasteiger charge is -2.15. The van der Waals surface area contributed by atoms with E-state index in [4.69, 9.17) is 28.7 Å². The summed E-state index contributed by atoms with van der Waals surface area (Å²) in [5, 5.41) is 0.814. The van der Waals surface area contributed by atoms with Crippen molar-refractivity contribution in [1.82, 2.24) is 9.97 Å². The van der Waals surface area contributed by atoms with Crippen LogP contribution in [-0.4, -0.2) is 51.3 Å². The lowest BCUT2D eigenvalue weighted by Crippen LogP contribution is -1.96. The first kappa shape index (κ1) is 21.7. The molecule has 0 fully saturated rings. The molecule has 0 saturated heterocycles. The summed E-state index contributed by atoms with van der Waals surface area (Å²) < 4.78 is 27.5. The molecular weight excluding hydrogens is 404 g/mol. The third-order valence-electron chi connectivity index (χ3n) is 4.58. The summed E-state index contributed by atoms with van der Waals surface area (Å²) in [5.41, 5.74) is 3.29. The van der Waals surface area contributed by atoms with Crippen LogP contribution in [0, 0.1) is 0 Å². The van der Waals surface area contributed by atoms with Gasteiger partial charge in [0.05, 0.1) is 46.9 Å². The fourth-order valence-corrected chi connectivity index (χ4v) is 3.79. The third-order valence-corrected chi connectivity index (χ3v) is 5.33. The van der Waals surface area contributed by atoms with Crippen LogP contribution >= 0.6 is 11.8 Å². The number of hydrogen-bond donors (Lipinski definition) is 1. The smallest absolute Gasteiger partial charge is 0.203 e. The largest absolute Gasteiger partial charge is 0.497 e. The standard InChI is InChI=1S/C22H26N2O5S/c1-7-30-22-23-19(13-10-17(27-4)21(29-6)18(11-13)28-5)20(24-22)15-9-8-14(25-2)12-16(15)26-3/h8-12H,7H2,1-6H3,(H,23,24). The molecule has 0 aliphatic heterocycles. The van der Waals surface area contributed by atoms with E-state index in [1.54, 1.807) is 47.3 Å². The van der Waals surface area contributed by atoms with E-state index >= 15 is 0 Å². The molecule has 0 unspecified atom stereocenters. The number of nitrogens with zero attached hydrogens (tertiary/aromatic N) is 1. The summed E-state index contributed by atoms with van der Waals surface area (Å²) in [6.45, 7) is 2.08. The van der Waals surface area contributed by atoms with Crippen molar-refractivity contribution in [3.8, 4) is 51.3 Å². The molecule has 2 aromatic carbocycles. The van der Waals surface area contributed by atoms with Gasteiger partial charge in [0.1, 0.15) is 11.5 Å². The van der Waals surface area contributed by atoms with E-state index in [0.29, 0.717) is 28.7 Å². The van der Waals surface area contributed by atoms with E-state index in [-0.39, 0.29) is 0 Å². The number of imidazole rings is 1. The second kappa shape index (κ2) is 9.67. The Morgan fingerprint density at radius 3 is 2.03 bits per heavy atom. The molecule has 30 heavy (non-hydrogen) atoms. The molecule has 160 valence electrons. The molecule has 1 aromatic heterocycles. The number of nitrogens with one attached hydrogen (secondary N) is 1. The average molecular weight is 431 g/mol. The minimum atomic E-state index is 0.533. The highest BCUT2D eigenvalue weighted by Crippen LogP contribution is 2.44. The summed E-state index contributed by atoms with van der Waals surface area (Å²) in [4.78, 5) is 8.27. The van der Waals surface area contributed by atoms with Crippen molar-refractivity contribution in [3.05, 3.63) is 30.3 Å². The number of aromatic nitrogens is 2. The van der Waals surface area contributed by atoms with Crippen LogP contribution in [0.5, 0.6) is 28.7 Å². The fraction of sp³-hybridized carbons (Fsp3) is 0.318. The zero-order valence-corrected chi connectivity index (χ0v) is 18.8. The summed E-state index contributed by atoms with van der Waals surface area (Å²) in [6, 6.07) is 9.47. The monoisotopic (exact) mass is 430 g/mol. The molecule has 0 aliphatic rings. The maximum atomic E-state index is 5.62. The Morgan fingerprint density at radius 2 is 1.50 bits per heavy atom. The Labute approximate surface area is 180 Å². The molecule has 7 nitrogen and oxygen atoms in total. The van der Waals surface area contributed by atoms with Crippen molar-refractivity contribution in [3.63, 3.8) is 0 Å².